The number of methoxy groups -OCH3 is 1. The number of aromatic nitrogens is 2. The van der Waals surface area contributed by atoms with E-state index in [1.165, 1.54) is 7.11 Å². The van der Waals surface area contributed by atoms with E-state index in [0.717, 1.165) is 22.8 Å². The lowest BCUT2D eigenvalue weighted by Gasteiger charge is -2.16. The van der Waals surface area contributed by atoms with Crippen molar-refractivity contribution in [2.45, 2.75) is 26.9 Å². The summed E-state index contributed by atoms with van der Waals surface area (Å²) < 4.78 is 10.6. The van der Waals surface area contributed by atoms with Gasteiger partial charge in [0.25, 0.3) is 0 Å². The Balaban J connectivity index is 1.79. The zero-order valence-electron chi connectivity index (χ0n) is 16.9. The molecule has 3 aromatic rings. The minimum absolute atomic E-state index is 0.0651. The summed E-state index contributed by atoms with van der Waals surface area (Å²) in [6, 6.07) is 16.5. The molecule has 0 aliphatic carbocycles. The smallest absolute Gasteiger partial charge is 0.337 e. The van der Waals surface area contributed by atoms with Crippen LogP contribution in [0.1, 0.15) is 29.9 Å². The molecular formula is C22H24N4O3. The standard InChI is InChI=1S/C22H24N4O3/c1-14(2)29-19-8-6-5-7-18(19)25-20-13-15(3)23-22(26-20)24-17-11-9-16(10-12-17)21(27)28-4/h5-14H,1-4H3,(H2,23,24,25,26). The number of rotatable bonds is 7. The number of ether oxygens (including phenoxy) is 2. The second-order valence-electron chi connectivity index (χ2n) is 6.70. The number of para-hydroxylation sites is 2. The van der Waals surface area contributed by atoms with Crippen LogP contribution in [-0.4, -0.2) is 29.2 Å². The predicted molar refractivity (Wildman–Crippen MR) is 113 cm³/mol. The molecule has 0 saturated carbocycles. The number of nitrogens with zero attached hydrogens (tertiary/aromatic N) is 2. The summed E-state index contributed by atoms with van der Waals surface area (Å²) in [4.78, 5) is 20.5. The van der Waals surface area contributed by atoms with Gasteiger partial charge in [0, 0.05) is 17.4 Å². The highest BCUT2D eigenvalue weighted by molar-refractivity contribution is 5.89. The Kier molecular flexibility index (Phi) is 6.29. The van der Waals surface area contributed by atoms with Crippen molar-refractivity contribution in [3.05, 3.63) is 65.9 Å². The molecule has 29 heavy (non-hydrogen) atoms. The first kappa shape index (κ1) is 20.1. The van der Waals surface area contributed by atoms with Crippen molar-refractivity contribution in [2.75, 3.05) is 17.7 Å². The number of nitrogens with one attached hydrogen (secondary N) is 2. The molecule has 0 saturated heterocycles. The Morgan fingerprint density at radius 3 is 2.41 bits per heavy atom. The van der Waals surface area contributed by atoms with Crippen LogP contribution in [0.15, 0.2) is 54.6 Å². The van der Waals surface area contributed by atoms with Crippen molar-refractivity contribution in [1.29, 1.82) is 0 Å². The van der Waals surface area contributed by atoms with E-state index < -0.39 is 0 Å². The molecule has 0 fully saturated rings. The molecule has 0 amide bonds. The van der Waals surface area contributed by atoms with Gasteiger partial charge in [-0.15, -0.1) is 0 Å². The van der Waals surface area contributed by atoms with Gasteiger partial charge in [0.15, 0.2) is 0 Å². The molecule has 150 valence electrons. The predicted octanol–water partition coefficient (Wildman–Crippen LogP) is 4.85. The minimum Gasteiger partial charge on any atom is -0.489 e. The van der Waals surface area contributed by atoms with Gasteiger partial charge in [0.05, 0.1) is 24.5 Å². The number of hydrogen-bond donors (Lipinski definition) is 2. The molecule has 0 bridgehead atoms. The van der Waals surface area contributed by atoms with E-state index in [9.17, 15) is 4.79 Å². The third-order valence-corrected chi connectivity index (χ3v) is 3.93. The van der Waals surface area contributed by atoms with Gasteiger partial charge in [-0.25, -0.2) is 9.78 Å². The Hall–Kier alpha value is -3.61. The second kappa shape index (κ2) is 9.05. The van der Waals surface area contributed by atoms with Crippen molar-refractivity contribution in [2.24, 2.45) is 0 Å². The summed E-state index contributed by atoms with van der Waals surface area (Å²) in [5, 5.41) is 6.46. The molecule has 0 aliphatic heterocycles. The van der Waals surface area contributed by atoms with Gasteiger partial charge in [0.1, 0.15) is 11.6 Å². The van der Waals surface area contributed by atoms with E-state index in [2.05, 4.69) is 20.6 Å². The lowest BCUT2D eigenvalue weighted by Crippen LogP contribution is -2.08. The average molecular weight is 392 g/mol. The molecule has 0 spiro atoms. The van der Waals surface area contributed by atoms with E-state index in [1.54, 1.807) is 24.3 Å². The summed E-state index contributed by atoms with van der Waals surface area (Å²) in [6.45, 7) is 5.87. The summed E-state index contributed by atoms with van der Waals surface area (Å²) in [7, 11) is 1.36. The molecular weight excluding hydrogens is 368 g/mol. The van der Waals surface area contributed by atoms with Crippen LogP contribution in [-0.2, 0) is 4.74 Å². The Morgan fingerprint density at radius 1 is 1.00 bits per heavy atom. The van der Waals surface area contributed by atoms with Gasteiger partial charge in [-0.1, -0.05) is 12.1 Å². The fourth-order valence-electron chi connectivity index (χ4n) is 2.69. The van der Waals surface area contributed by atoms with Crippen molar-refractivity contribution in [3.63, 3.8) is 0 Å². The maximum atomic E-state index is 11.6. The summed E-state index contributed by atoms with van der Waals surface area (Å²) in [5.41, 5.74) is 2.87. The number of anilines is 4. The highest BCUT2D eigenvalue weighted by Gasteiger charge is 2.09. The largest absolute Gasteiger partial charge is 0.489 e. The zero-order valence-corrected chi connectivity index (χ0v) is 16.9. The molecule has 7 heteroatoms. The lowest BCUT2D eigenvalue weighted by molar-refractivity contribution is 0.0601. The van der Waals surface area contributed by atoms with Gasteiger partial charge in [-0.2, -0.15) is 4.98 Å². The van der Waals surface area contributed by atoms with Crippen LogP contribution in [0.5, 0.6) is 5.75 Å². The van der Waals surface area contributed by atoms with Gasteiger partial charge in [0.2, 0.25) is 5.95 Å². The van der Waals surface area contributed by atoms with Crippen LogP contribution < -0.4 is 15.4 Å². The van der Waals surface area contributed by atoms with Gasteiger partial charge >= 0.3 is 5.97 Å². The number of carbonyl (C=O) groups is 1. The number of aryl methyl sites for hydroxylation is 1. The Bertz CT molecular complexity index is 988. The molecule has 0 radical (unpaired) electrons. The first-order valence-electron chi connectivity index (χ1n) is 9.28. The van der Waals surface area contributed by atoms with Crippen LogP contribution in [0.3, 0.4) is 0 Å². The maximum Gasteiger partial charge on any atom is 0.337 e. The lowest BCUT2D eigenvalue weighted by atomic mass is 10.2. The van der Waals surface area contributed by atoms with Gasteiger partial charge < -0.3 is 20.1 Å². The van der Waals surface area contributed by atoms with E-state index in [0.29, 0.717) is 17.3 Å². The minimum atomic E-state index is -0.378. The third kappa shape index (κ3) is 5.44. The first-order chi connectivity index (χ1) is 13.9. The van der Waals surface area contributed by atoms with Crippen LogP contribution >= 0.6 is 0 Å². The Morgan fingerprint density at radius 2 is 1.72 bits per heavy atom. The van der Waals surface area contributed by atoms with Crippen LogP contribution in [0.2, 0.25) is 0 Å². The summed E-state index contributed by atoms with van der Waals surface area (Å²) in [6.07, 6.45) is 0.0651. The fourth-order valence-corrected chi connectivity index (χ4v) is 2.69. The number of benzene rings is 2. The number of hydrogen-bond acceptors (Lipinski definition) is 7. The van der Waals surface area contributed by atoms with Gasteiger partial charge in [-0.3, -0.25) is 0 Å². The van der Waals surface area contributed by atoms with Crippen LogP contribution in [0.25, 0.3) is 0 Å². The Labute approximate surface area is 170 Å². The van der Waals surface area contributed by atoms with E-state index in [4.69, 9.17) is 9.47 Å². The maximum absolute atomic E-state index is 11.6. The van der Waals surface area contributed by atoms with Crippen molar-refractivity contribution >= 4 is 29.1 Å². The monoisotopic (exact) mass is 392 g/mol. The summed E-state index contributed by atoms with van der Waals surface area (Å²) >= 11 is 0. The van der Waals surface area contributed by atoms with Crippen LogP contribution in [0.4, 0.5) is 23.1 Å². The molecule has 7 nitrogen and oxygen atoms in total. The van der Waals surface area contributed by atoms with E-state index in [1.807, 2.05) is 51.1 Å². The molecule has 2 aromatic carbocycles. The number of carbonyl (C=O) groups excluding carboxylic acids is 1. The van der Waals surface area contributed by atoms with E-state index in [-0.39, 0.29) is 12.1 Å². The topological polar surface area (TPSA) is 85.4 Å². The SMILES string of the molecule is COC(=O)c1ccc(Nc2nc(C)cc(Nc3ccccc3OC(C)C)n2)cc1. The van der Waals surface area contributed by atoms with Gasteiger partial charge in [-0.05, 0) is 57.2 Å². The summed E-state index contributed by atoms with van der Waals surface area (Å²) in [5.74, 6) is 1.47. The molecule has 1 heterocycles. The normalized spacial score (nSPS) is 10.5. The average Bonchev–Trinajstić information content (AvgIpc) is 2.68. The molecule has 0 unspecified atom stereocenters. The zero-order chi connectivity index (χ0) is 20.8. The molecule has 0 atom stereocenters. The second-order valence-corrected chi connectivity index (χ2v) is 6.70. The fraction of sp³-hybridized carbons (Fsp3) is 0.227. The molecule has 0 aliphatic rings. The highest BCUT2D eigenvalue weighted by atomic mass is 16.5. The van der Waals surface area contributed by atoms with Crippen molar-refractivity contribution < 1.29 is 14.3 Å². The quantitative estimate of drug-likeness (QED) is 0.556. The number of esters is 1. The molecule has 3 rings (SSSR count). The van der Waals surface area contributed by atoms with Crippen LogP contribution in [0, 0.1) is 6.92 Å². The highest BCUT2D eigenvalue weighted by Crippen LogP contribution is 2.28. The third-order valence-electron chi connectivity index (χ3n) is 3.93. The first-order valence-corrected chi connectivity index (χ1v) is 9.28. The molecule has 2 N–H and O–H groups in total. The molecule has 1 aromatic heterocycles. The van der Waals surface area contributed by atoms with Crippen molar-refractivity contribution in [1.82, 2.24) is 9.97 Å². The van der Waals surface area contributed by atoms with Crippen molar-refractivity contribution in [3.8, 4) is 5.75 Å². The van der Waals surface area contributed by atoms with E-state index >= 15 is 0 Å².